The Morgan fingerprint density at radius 3 is 1.80 bits per heavy atom. The van der Waals surface area contributed by atoms with Crippen LogP contribution in [0.5, 0.6) is 0 Å². The molecule has 0 saturated heterocycles. The van der Waals surface area contributed by atoms with E-state index in [0.29, 0.717) is 30.2 Å². The van der Waals surface area contributed by atoms with E-state index >= 15 is 0 Å². The molecule has 1 radical (unpaired) electrons. The molecule has 0 spiro atoms. The number of benzene rings is 1. The molecule has 0 fully saturated rings. The maximum atomic E-state index is 12.0. The normalized spacial score (nSPS) is 12.9. The molecule has 1 atom stereocenters. The highest BCUT2D eigenvalue weighted by Crippen LogP contribution is 2.38. The first-order valence-corrected chi connectivity index (χ1v) is 18.8. The lowest BCUT2D eigenvalue weighted by atomic mass is 9.92. The quantitative estimate of drug-likeness (QED) is 0.0210. The molecule has 9 nitrogen and oxygen atoms in total. The lowest BCUT2D eigenvalue weighted by Gasteiger charge is -2.27. The number of hydrogen-bond acceptors (Lipinski definition) is 7. The van der Waals surface area contributed by atoms with E-state index in [1.165, 1.54) is 96.5 Å². The summed E-state index contributed by atoms with van der Waals surface area (Å²) in [6, 6.07) is 8.20. The summed E-state index contributed by atoms with van der Waals surface area (Å²) in [5.74, 6) is 0.00366. The third kappa shape index (κ3) is 27.1. The van der Waals surface area contributed by atoms with Gasteiger partial charge in [0.25, 0.3) is 7.82 Å². The van der Waals surface area contributed by atoms with Gasteiger partial charge in [0, 0.05) is 12.1 Å². The van der Waals surface area contributed by atoms with Crippen molar-refractivity contribution in [3.63, 3.8) is 0 Å². The summed E-state index contributed by atoms with van der Waals surface area (Å²) in [7, 11) is 3.35. The summed E-state index contributed by atoms with van der Waals surface area (Å²) >= 11 is 0. The highest BCUT2D eigenvalue weighted by molar-refractivity contribution is 7.45. The van der Waals surface area contributed by atoms with E-state index in [0.717, 1.165) is 37.8 Å². The summed E-state index contributed by atoms with van der Waals surface area (Å²) in [5, 5.41) is 9.72. The zero-order valence-corrected chi connectivity index (χ0v) is 29.5. The molecular weight excluding hydrogens is 588 g/mol. The number of nitrogens with one attached hydrogen (secondary N) is 2. The molecule has 2 N–H and O–H groups in total. The van der Waals surface area contributed by atoms with Crippen molar-refractivity contribution in [3.8, 4) is 0 Å². The number of rotatable bonds is 31. The van der Waals surface area contributed by atoms with Crippen molar-refractivity contribution < 1.29 is 32.4 Å². The van der Waals surface area contributed by atoms with Gasteiger partial charge in [-0.2, -0.15) is 0 Å². The summed E-state index contributed by atoms with van der Waals surface area (Å²) in [6.45, 7) is 0.989. The minimum absolute atomic E-state index is 0.00366. The Morgan fingerprint density at radius 2 is 1.29 bits per heavy atom. The molecule has 0 aliphatic rings. The third-order valence-electron chi connectivity index (χ3n) is 7.75. The molecule has 1 amide bonds. The second-order valence-corrected chi connectivity index (χ2v) is 14.5. The number of phosphoric acid groups is 1. The van der Waals surface area contributed by atoms with Crippen molar-refractivity contribution in [1.29, 1.82) is 5.41 Å². The van der Waals surface area contributed by atoms with E-state index in [2.05, 4.69) is 17.4 Å². The van der Waals surface area contributed by atoms with Crippen LogP contribution >= 0.6 is 7.82 Å². The van der Waals surface area contributed by atoms with Crippen molar-refractivity contribution in [1.82, 2.24) is 0 Å². The van der Waals surface area contributed by atoms with E-state index in [-0.39, 0.29) is 19.1 Å². The lowest BCUT2D eigenvalue weighted by molar-refractivity contribution is -0.870. The van der Waals surface area contributed by atoms with Gasteiger partial charge in [-0.3, -0.25) is 14.8 Å². The fourth-order valence-electron chi connectivity index (χ4n) is 4.99. The van der Waals surface area contributed by atoms with Gasteiger partial charge < -0.3 is 28.4 Å². The summed E-state index contributed by atoms with van der Waals surface area (Å²) in [6.07, 6.45) is 23.6. The molecule has 1 unspecified atom stereocenters. The molecule has 0 aliphatic heterocycles. The van der Waals surface area contributed by atoms with Gasteiger partial charge >= 0.3 is 7.48 Å². The van der Waals surface area contributed by atoms with Gasteiger partial charge in [0.1, 0.15) is 19.6 Å². The van der Waals surface area contributed by atoms with Crippen LogP contribution in [0.15, 0.2) is 24.3 Å². The molecular formula is C34H62BN3O6P. The van der Waals surface area contributed by atoms with E-state index in [1.54, 1.807) is 0 Å². The predicted molar refractivity (Wildman–Crippen MR) is 185 cm³/mol. The average molecular weight is 651 g/mol. The topological polar surface area (TPSA) is 121 Å². The van der Waals surface area contributed by atoms with Gasteiger partial charge in [-0.05, 0) is 49.7 Å². The number of carbonyl (C=O) groups is 1. The van der Waals surface area contributed by atoms with Crippen LogP contribution in [0.3, 0.4) is 0 Å². The van der Waals surface area contributed by atoms with Crippen molar-refractivity contribution in [2.45, 2.75) is 128 Å². The number of amides is 1. The number of unbranched alkanes of at least 4 members (excludes halogenated alkanes) is 15. The van der Waals surface area contributed by atoms with E-state index in [9.17, 15) is 14.3 Å². The van der Waals surface area contributed by atoms with Crippen molar-refractivity contribution in [3.05, 3.63) is 29.8 Å². The van der Waals surface area contributed by atoms with Gasteiger partial charge in [0.2, 0.25) is 5.91 Å². The first-order valence-electron chi connectivity index (χ1n) is 17.4. The Balaban J connectivity index is 1.85. The fourth-order valence-corrected chi connectivity index (χ4v) is 5.72. The number of nitrogens with zero attached hydrogens (tertiary/aromatic N) is 1. The number of aryl methyl sites for hydroxylation is 1. The van der Waals surface area contributed by atoms with Crippen molar-refractivity contribution >= 4 is 33.3 Å². The molecule has 257 valence electrons. The molecule has 1 aromatic carbocycles. The van der Waals surface area contributed by atoms with Gasteiger partial charge in [0.05, 0.1) is 27.7 Å². The molecule has 0 aliphatic carbocycles. The van der Waals surface area contributed by atoms with Crippen LogP contribution in [0, 0.1) is 5.41 Å². The third-order valence-corrected chi connectivity index (χ3v) is 8.75. The molecule has 1 aromatic rings. The zero-order chi connectivity index (χ0) is 33.1. The highest BCUT2D eigenvalue weighted by atomic mass is 31.2. The number of phosphoric ester groups is 1. The number of anilines is 1. The van der Waals surface area contributed by atoms with Crippen molar-refractivity contribution in [2.75, 3.05) is 46.2 Å². The maximum Gasteiger partial charge on any atom is 0.371 e. The van der Waals surface area contributed by atoms with E-state index in [1.807, 2.05) is 33.3 Å². The van der Waals surface area contributed by atoms with Crippen LogP contribution in [-0.4, -0.2) is 65.2 Å². The summed E-state index contributed by atoms with van der Waals surface area (Å²) in [4.78, 5) is 23.8. The van der Waals surface area contributed by atoms with Gasteiger partial charge in [0.15, 0.2) is 0 Å². The predicted octanol–water partition coefficient (Wildman–Crippen LogP) is 8.06. The number of hydrogen-bond donors (Lipinski definition) is 2. The fraction of sp³-hybridized carbons (Fsp3) is 0.765. The van der Waals surface area contributed by atoms with E-state index in [4.69, 9.17) is 19.1 Å². The van der Waals surface area contributed by atoms with Crippen molar-refractivity contribution in [2.24, 2.45) is 0 Å². The highest BCUT2D eigenvalue weighted by Gasteiger charge is 2.13. The smallest absolute Gasteiger partial charge is 0.371 e. The monoisotopic (exact) mass is 650 g/mol. The molecule has 0 saturated carbocycles. The lowest BCUT2D eigenvalue weighted by Crippen LogP contribution is -2.37. The number of carbonyl (C=O) groups excluding carboxylic acids is 1. The molecule has 1 rings (SSSR count). The van der Waals surface area contributed by atoms with Gasteiger partial charge in [-0.15, -0.1) is 0 Å². The van der Waals surface area contributed by atoms with Gasteiger partial charge in [-0.1, -0.05) is 102 Å². The average Bonchev–Trinajstić information content (AvgIpc) is 2.98. The van der Waals surface area contributed by atoms with Gasteiger partial charge in [-0.25, -0.2) is 0 Å². The van der Waals surface area contributed by atoms with Crippen LogP contribution in [0.4, 0.5) is 5.69 Å². The summed E-state index contributed by atoms with van der Waals surface area (Å²) < 4.78 is 27.0. The minimum atomic E-state index is -4.16. The number of likely N-dealkylation sites (N-methyl/N-ethyl adjacent to an activating group) is 1. The van der Waals surface area contributed by atoms with Crippen LogP contribution in [0.2, 0.25) is 6.32 Å². The largest absolute Gasteiger partial charge is 0.756 e. The minimum Gasteiger partial charge on any atom is -0.756 e. The Bertz CT molecular complexity index is 930. The SMILES string of the molecule is C[N+](C)(C)CCOP(=O)([O-])OCCCCCCCCCCCCCCCCCCc1ccc(NC(=O)CCC[B]OC=N)cc1. The Hall–Kier alpha value is -1.71. The summed E-state index contributed by atoms with van der Waals surface area (Å²) in [5.41, 5.74) is 2.16. The first kappa shape index (κ1) is 41.3. The molecule has 0 aromatic heterocycles. The second-order valence-electron chi connectivity index (χ2n) is 13.1. The maximum absolute atomic E-state index is 12.0. The Labute approximate surface area is 275 Å². The Kier molecular flexibility index (Phi) is 24.2. The van der Waals surface area contributed by atoms with Crippen LogP contribution in [-0.2, 0) is 29.5 Å². The Morgan fingerprint density at radius 1 is 0.800 bits per heavy atom. The van der Waals surface area contributed by atoms with Crippen LogP contribution < -0.4 is 10.2 Å². The second kappa shape index (κ2) is 26.4. The van der Waals surface area contributed by atoms with E-state index < -0.39 is 7.82 Å². The first-order chi connectivity index (χ1) is 21.6. The standard InChI is InChI=1S/C34H62BN3O6P/c1-38(2,3)28-30-44-45(40,41)43-29-19-17-15-13-11-9-7-5-4-6-8-10-12-14-16-18-21-32-23-25-33(26-24-32)37-34(39)22-20-27-35-42-31-36/h23-26,31,36H,4-22,27-30H2,1-3H3,(H-,37,39,40,41). The molecule has 45 heavy (non-hydrogen) atoms. The zero-order valence-electron chi connectivity index (χ0n) is 28.6. The van der Waals surface area contributed by atoms with Crippen LogP contribution in [0.1, 0.15) is 121 Å². The van der Waals surface area contributed by atoms with Crippen LogP contribution in [0.25, 0.3) is 0 Å². The molecule has 0 bridgehead atoms. The molecule has 11 heteroatoms. The molecule has 0 heterocycles. The number of quaternary nitrogens is 1.